The third-order valence-corrected chi connectivity index (χ3v) is 4.13. The molecule has 136 valence electrons. The van der Waals surface area contributed by atoms with Crippen molar-refractivity contribution in [3.63, 3.8) is 0 Å². The van der Waals surface area contributed by atoms with E-state index in [-0.39, 0.29) is 17.2 Å². The molecule has 0 saturated heterocycles. The van der Waals surface area contributed by atoms with Crippen molar-refractivity contribution in [2.75, 3.05) is 5.32 Å². The zero-order chi connectivity index (χ0) is 19.2. The van der Waals surface area contributed by atoms with Crippen molar-refractivity contribution in [3.05, 3.63) is 95.6 Å². The lowest BCUT2D eigenvalue weighted by Gasteiger charge is -2.15. The molecule has 1 atom stereocenters. The number of carbonyl (C=O) groups excluding carboxylic acids is 2. The van der Waals surface area contributed by atoms with Gasteiger partial charge in [0.25, 0.3) is 5.91 Å². The molecule has 0 aromatic heterocycles. The minimum absolute atomic E-state index is 0.0888. The highest BCUT2D eigenvalue weighted by molar-refractivity contribution is 6.11. The summed E-state index contributed by atoms with van der Waals surface area (Å²) in [6.45, 7) is 1.98. The number of amides is 2. The number of nitrogens with two attached hydrogens (primary N) is 1. The maximum atomic E-state index is 12.4. The van der Waals surface area contributed by atoms with Crippen molar-refractivity contribution < 1.29 is 14.3 Å². The Balaban J connectivity index is 1.67. The predicted octanol–water partition coefficient (Wildman–Crippen LogP) is 4.18. The molecule has 0 fully saturated rings. The number of nitrogens with one attached hydrogen (secondary N) is 1. The number of anilines is 1. The number of ether oxygens (including phenoxy) is 1. The molecule has 0 aliphatic rings. The molecule has 3 aromatic carbocycles. The number of rotatable bonds is 6. The van der Waals surface area contributed by atoms with Crippen LogP contribution in [-0.2, 0) is 0 Å². The van der Waals surface area contributed by atoms with Gasteiger partial charge in [0.15, 0.2) is 0 Å². The van der Waals surface area contributed by atoms with E-state index in [2.05, 4.69) is 5.32 Å². The van der Waals surface area contributed by atoms with E-state index in [0.717, 1.165) is 5.56 Å². The predicted molar refractivity (Wildman–Crippen MR) is 105 cm³/mol. The Hall–Kier alpha value is -3.60. The lowest BCUT2D eigenvalue weighted by atomic mass is 10.1. The van der Waals surface area contributed by atoms with Gasteiger partial charge in [-0.15, -0.1) is 0 Å². The molecule has 0 saturated carbocycles. The first-order valence-electron chi connectivity index (χ1n) is 8.56. The molecular weight excluding hydrogens is 340 g/mol. The van der Waals surface area contributed by atoms with Crippen LogP contribution in [0.25, 0.3) is 0 Å². The van der Waals surface area contributed by atoms with Crippen LogP contribution in [0.5, 0.6) is 5.75 Å². The average Bonchev–Trinajstić information content (AvgIpc) is 2.70. The molecule has 0 spiro atoms. The van der Waals surface area contributed by atoms with Crippen LogP contribution in [-0.4, -0.2) is 11.8 Å². The maximum Gasteiger partial charge on any atom is 0.256 e. The van der Waals surface area contributed by atoms with Crippen molar-refractivity contribution in [3.8, 4) is 5.75 Å². The van der Waals surface area contributed by atoms with E-state index >= 15 is 0 Å². The Labute approximate surface area is 157 Å². The second-order valence-electron chi connectivity index (χ2n) is 6.06. The number of primary amides is 1. The van der Waals surface area contributed by atoms with Gasteiger partial charge in [-0.2, -0.15) is 0 Å². The van der Waals surface area contributed by atoms with E-state index in [1.54, 1.807) is 42.5 Å². The standard InChI is InChI=1S/C22H20N2O3/c1-15(16-7-3-2-4-8-16)27-18-13-11-17(12-14-18)24-22(26)20-10-6-5-9-19(20)21(23)25/h2-15H,1H3,(H2,23,25)(H,24,26). The van der Waals surface area contributed by atoms with Crippen molar-refractivity contribution in [1.82, 2.24) is 0 Å². The Bertz CT molecular complexity index is 937. The van der Waals surface area contributed by atoms with Crippen LogP contribution in [0.4, 0.5) is 5.69 Å². The van der Waals surface area contributed by atoms with E-state index in [4.69, 9.17) is 10.5 Å². The van der Waals surface area contributed by atoms with Crippen LogP contribution in [0.2, 0.25) is 0 Å². The van der Waals surface area contributed by atoms with Gasteiger partial charge in [0.2, 0.25) is 5.91 Å². The molecule has 0 aliphatic heterocycles. The lowest BCUT2D eigenvalue weighted by Crippen LogP contribution is -2.20. The fourth-order valence-electron chi connectivity index (χ4n) is 2.71. The first-order chi connectivity index (χ1) is 13.0. The van der Waals surface area contributed by atoms with E-state index < -0.39 is 11.8 Å². The summed E-state index contributed by atoms with van der Waals surface area (Å²) in [6, 6.07) is 23.4. The topological polar surface area (TPSA) is 81.4 Å². The van der Waals surface area contributed by atoms with E-state index in [9.17, 15) is 9.59 Å². The number of hydrogen-bond acceptors (Lipinski definition) is 3. The summed E-state index contributed by atoms with van der Waals surface area (Å²) in [6.07, 6.45) is -0.0888. The minimum Gasteiger partial charge on any atom is -0.486 e. The second kappa shape index (κ2) is 8.19. The summed E-state index contributed by atoms with van der Waals surface area (Å²) in [4.78, 5) is 23.9. The smallest absolute Gasteiger partial charge is 0.256 e. The molecule has 0 heterocycles. The Morgan fingerprint density at radius 1 is 0.852 bits per heavy atom. The number of hydrogen-bond donors (Lipinski definition) is 2. The zero-order valence-electron chi connectivity index (χ0n) is 14.9. The molecule has 5 heteroatoms. The molecule has 1 unspecified atom stereocenters. The van der Waals surface area contributed by atoms with Gasteiger partial charge in [0, 0.05) is 5.69 Å². The molecule has 0 aliphatic carbocycles. The van der Waals surface area contributed by atoms with Crippen LogP contribution in [0.15, 0.2) is 78.9 Å². The van der Waals surface area contributed by atoms with E-state index in [1.807, 2.05) is 37.3 Å². The first kappa shape index (κ1) is 18.2. The van der Waals surface area contributed by atoms with Gasteiger partial charge in [0.05, 0.1) is 11.1 Å². The second-order valence-corrected chi connectivity index (χ2v) is 6.06. The van der Waals surface area contributed by atoms with Crippen LogP contribution in [0.3, 0.4) is 0 Å². The van der Waals surface area contributed by atoms with Crippen LogP contribution < -0.4 is 15.8 Å². The summed E-state index contributed by atoms with van der Waals surface area (Å²) in [5, 5.41) is 2.76. The van der Waals surface area contributed by atoms with E-state index in [1.165, 1.54) is 6.07 Å². The summed E-state index contributed by atoms with van der Waals surface area (Å²) in [5.41, 5.74) is 7.43. The third kappa shape index (κ3) is 4.52. The van der Waals surface area contributed by atoms with Crippen molar-refractivity contribution in [2.45, 2.75) is 13.0 Å². The van der Waals surface area contributed by atoms with Crippen LogP contribution in [0, 0.1) is 0 Å². The Morgan fingerprint density at radius 2 is 1.44 bits per heavy atom. The van der Waals surface area contributed by atoms with E-state index in [0.29, 0.717) is 11.4 Å². The molecule has 3 N–H and O–H groups in total. The molecule has 2 amide bonds. The van der Waals surface area contributed by atoms with Crippen LogP contribution >= 0.6 is 0 Å². The summed E-state index contributed by atoms with van der Waals surface area (Å²) in [5.74, 6) is -0.336. The quantitative estimate of drug-likeness (QED) is 0.692. The van der Waals surface area contributed by atoms with Gasteiger partial charge in [-0.3, -0.25) is 9.59 Å². The zero-order valence-corrected chi connectivity index (χ0v) is 14.9. The molecule has 0 bridgehead atoms. The fraction of sp³-hybridized carbons (Fsp3) is 0.0909. The van der Waals surface area contributed by atoms with Crippen molar-refractivity contribution >= 4 is 17.5 Å². The average molecular weight is 360 g/mol. The molecular formula is C22H20N2O3. The number of carbonyl (C=O) groups is 2. The molecule has 5 nitrogen and oxygen atoms in total. The highest BCUT2D eigenvalue weighted by atomic mass is 16.5. The number of benzene rings is 3. The maximum absolute atomic E-state index is 12.4. The van der Waals surface area contributed by atoms with Gasteiger partial charge in [-0.05, 0) is 48.9 Å². The SMILES string of the molecule is CC(Oc1ccc(NC(=O)c2ccccc2C(N)=O)cc1)c1ccccc1. The van der Waals surface area contributed by atoms with Crippen molar-refractivity contribution in [1.29, 1.82) is 0 Å². The highest BCUT2D eigenvalue weighted by Crippen LogP contribution is 2.23. The molecule has 27 heavy (non-hydrogen) atoms. The Kier molecular flexibility index (Phi) is 5.52. The van der Waals surface area contributed by atoms with Gasteiger partial charge >= 0.3 is 0 Å². The normalized spacial score (nSPS) is 11.4. The van der Waals surface area contributed by atoms with Gasteiger partial charge < -0.3 is 15.8 Å². The monoisotopic (exact) mass is 360 g/mol. The highest BCUT2D eigenvalue weighted by Gasteiger charge is 2.14. The van der Waals surface area contributed by atoms with Gasteiger partial charge in [-0.25, -0.2) is 0 Å². The first-order valence-corrected chi connectivity index (χ1v) is 8.56. The van der Waals surface area contributed by atoms with Gasteiger partial charge in [0.1, 0.15) is 11.9 Å². The Morgan fingerprint density at radius 3 is 2.07 bits per heavy atom. The van der Waals surface area contributed by atoms with Crippen molar-refractivity contribution in [2.24, 2.45) is 5.73 Å². The third-order valence-electron chi connectivity index (χ3n) is 4.13. The molecule has 3 aromatic rings. The minimum atomic E-state index is -0.639. The van der Waals surface area contributed by atoms with Crippen LogP contribution in [0.1, 0.15) is 39.3 Å². The summed E-state index contributed by atoms with van der Waals surface area (Å²) >= 11 is 0. The molecule has 0 radical (unpaired) electrons. The van der Waals surface area contributed by atoms with Gasteiger partial charge in [-0.1, -0.05) is 42.5 Å². The molecule has 3 rings (SSSR count). The fourth-order valence-corrected chi connectivity index (χ4v) is 2.71. The lowest BCUT2D eigenvalue weighted by molar-refractivity contribution is 0.0977. The largest absolute Gasteiger partial charge is 0.486 e. The summed E-state index contributed by atoms with van der Waals surface area (Å²) < 4.78 is 5.92. The summed E-state index contributed by atoms with van der Waals surface area (Å²) in [7, 11) is 0.